The number of hydrogen-bond acceptors (Lipinski definition) is 2. The minimum absolute atomic E-state index is 0.134. The van der Waals surface area contributed by atoms with Crippen LogP contribution in [0.3, 0.4) is 0 Å². The number of alkyl halides is 3. The summed E-state index contributed by atoms with van der Waals surface area (Å²) < 4.78 is 38.4. The fourth-order valence-corrected chi connectivity index (χ4v) is 3.02. The second-order valence-corrected chi connectivity index (χ2v) is 6.26. The Morgan fingerprint density at radius 3 is 2.83 bits per heavy atom. The average Bonchev–Trinajstić information content (AvgIpc) is 2.54. The van der Waals surface area contributed by atoms with Crippen LogP contribution >= 0.6 is 0 Å². The van der Waals surface area contributed by atoms with Crippen molar-refractivity contribution >= 4 is 11.5 Å². The Balaban J connectivity index is 2.11. The molecular weight excluding hydrogens is 317 g/mol. The van der Waals surface area contributed by atoms with Gasteiger partial charge >= 0.3 is 6.18 Å². The summed E-state index contributed by atoms with van der Waals surface area (Å²) in [5, 5.41) is 3.12. The normalized spacial score (nSPS) is 19.5. The zero-order chi connectivity index (χ0) is 17.7. The van der Waals surface area contributed by atoms with E-state index in [1.54, 1.807) is 17.9 Å². The lowest BCUT2D eigenvalue weighted by molar-refractivity contribution is -0.137. The first-order chi connectivity index (χ1) is 11.3. The molecule has 1 heterocycles. The van der Waals surface area contributed by atoms with Gasteiger partial charge in [0.1, 0.15) is 0 Å². The Morgan fingerprint density at radius 2 is 2.17 bits per heavy atom. The van der Waals surface area contributed by atoms with Crippen LogP contribution in [0.15, 0.2) is 30.3 Å². The molecule has 0 aromatic heterocycles. The summed E-state index contributed by atoms with van der Waals surface area (Å²) in [6.07, 6.45) is -0.903. The fourth-order valence-electron chi connectivity index (χ4n) is 3.02. The van der Waals surface area contributed by atoms with Crippen LogP contribution in [0.25, 0.3) is 5.57 Å². The molecule has 1 aliphatic rings. The number of rotatable bonds is 4. The molecule has 0 saturated carbocycles. The molecule has 6 heteroatoms. The lowest BCUT2D eigenvalue weighted by atomic mass is 9.97. The molecule has 0 bridgehead atoms. The molecule has 3 nitrogen and oxygen atoms in total. The van der Waals surface area contributed by atoms with Crippen LogP contribution in [0, 0.1) is 5.92 Å². The molecule has 1 saturated heterocycles. The van der Waals surface area contributed by atoms with Gasteiger partial charge in [-0.15, -0.1) is 0 Å². The highest BCUT2D eigenvalue weighted by atomic mass is 19.4. The van der Waals surface area contributed by atoms with Crippen LogP contribution in [0.1, 0.15) is 30.9 Å². The number of carbonyl (C=O) groups excluding carboxylic acids is 1. The summed E-state index contributed by atoms with van der Waals surface area (Å²) in [4.78, 5) is 14.2. The van der Waals surface area contributed by atoms with Gasteiger partial charge in [-0.3, -0.25) is 4.79 Å². The van der Waals surface area contributed by atoms with Crippen molar-refractivity contribution in [2.75, 3.05) is 26.7 Å². The molecule has 1 amide bonds. The largest absolute Gasteiger partial charge is 0.416 e. The van der Waals surface area contributed by atoms with Gasteiger partial charge in [-0.25, -0.2) is 0 Å². The second kappa shape index (κ2) is 7.83. The van der Waals surface area contributed by atoms with Crippen molar-refractivity contribution in [1.82, 2.24) is 10.2 Å². The van der Waals surface area contributed by atoms with Crippen molar-refractivity contribution in [3.63, 3.8) is 0 Å². The molecule has 1 fully saturated rings. The van der Waals surface area contributed by atoms with Gasteiger partial charge in [0.05, 0.1) is 5.56 Å². The first-order valence-electron chi connectivity index (χ1n) is 8.10. The molecule has 1 unspecified atom stereocenters. The molecule has 1 aromatic carbocycles. The Bertz CT molecular complexity index is 609. The van der Waals surface area contributed by atoms with E-state index in [1.165, 1.54) is 12.1 Å². The number of nitrogens with one attached hydrogen (secondary N) is 1. The molecule has 0 spiro atoms. The molecule has 1 aliphatic heterocycles. The molecule has 132 valence electrons. The number of allylic oxidation sites excluding steroid dienone is 1. The Kier molecular flexibility index (Phi) is 6.04. The van der Waals surface area contributed by atoms with E-state index in [9.17, 15) is 18.0 Å². The number of halogens is 3. The van der Waals surface area contributed by atoms with Crippen molar-refractivity contribution in [2.45, 2.75) is 25.9 Å². The zero-order valence-electron chi connectivity index (χ0n) is 14.0. The van der Waals surface area contributed by atoms with Gasteiger partial charge in [0.25, 0.3) is 0 Å². The topological polar surface area (TPSA) is 32.3 Å². The first-order valence-corrected chi connectivity index (χ1v) is 8.10. The van der Waals surface area contributed by atoms with Gasteiger partial charge in [0.2, 0.25) is 5.91 Å². The number of likely N-dealkylation sites (tertiary alicyclic amines) is 1. The van der Waals surface area contributed by atoms with Crippen LogP contribution in [0.2, 0.25) is 0 Å². The van der Waals surface area contributed by atoms with E-state index >= 15 is 0 Å². The highest BCUT2D eigenvalue weighted by Crippen LogP contribution is 2.31. The first kappa shape index (κ1) is 18.5. The SMILES string of the molecule is CNCC1CCCN(C(=O)C=C(C)c2cccc(C(F)(F)F)c2)C1. The summed E-state index contributed by atoms with van der Waals surface area (Å²) in [5.74, 6) is 0.292. The molecule has 1 atom stereocenters. The lowest BCUT2D eigenvalue weighted by Gasteiger charge is -2.32. The molecule has 24 heavy (non-hydrogen) atoms. The van der Waals surface area contributed by atoms with E-state index < -0.39 is 11.7 Å². The second-order valence-electron chi connectivity index (χ2n) is 6.26. The number of amides is 1. The average molecular weight is 340 g/mol. The lowest BCUT2D eigenvalue weighted by Crippen LogP contribution is -2.41. The third-order valence-corrected chi connectivity index (χ3v) is 4.31. The maximum Gasteiger partial charge on any atom is 0.416 e. The fraction of sp³-hybridized carbons (Fsp3) is 0.500. The van der Waals surface area contributed by atoms with Gasteiger partial charge in [-0.05, 0) is 62.5 Å². The van der Waals surface area contributed by atoms with Gasteiger partial charge in [0.15, 0.2) is 0 Å². The smallest absolute Gasteiger partial charge is 0.339 e. The predicted molar refractivity (Wildman–Crippen MR) is 88.3 cm³/mol. The monoisotopic (exact) mass is 340 g/mol. The minimum atomic E-state index is -4.38. The van der Waals surface area contributed by atoms with Crippen molar-refractivity contribution < 1.29 is 18.0 Å². The molecule has 1 N–H and O–H groups in total. The molecular formula is C18H23F3N2O. The van der Waals surface area contributed by atoms with Crippen LogP contribution in [-0.2, 0) is 11.0 Å². The van der Waals surface area contributed by atoms with Crippen LogP contribution in [-0.4, -0.2) is 37.5 Å². The van der Waals surface area contributed by atoms with Crippen LogP contribution in [0.4, 0.5) is 13.2 Å². The number of piperidine rings is 1. The third-order valence-electron chi connectivity index (χ3n) is 4.31. The summed E-state index contributed by atoms with van der Waals surface area (Å²) in [6, 6.07) is 5.07. The Morgan fingerprint density at radius 1 is 1.42 bits per heavy atom. The maximum absolute atomic E-state index is 12.8. The highest BCUT2D eigenvalue weighted by molar-refractivity contribution is 5.95. The number of benzene rings is 1. The van der Waals surface area contributed by atoms with E-state index in [4.69, 9.17) is 0 Å². The third kappa shape index (κ3) is 4.84. The molecule has 0 aliphatic carbocycles. The Hall–Kier alpha value is -1.82. The summed E-state index contributed by atoms with van der Waals surface area (Å²) >= 11 is 0. The maximum atomic E-state index is 12.8. The summed E-state index contributed by atoms with van der Waals surface area (Å²) in [5.41, 5.74) is 0.260. The van der Waals surface area contributed by atoms with E-state index in [2.05, 4.69) is 5.32 Å². The molecule has 1 aromatic rings. The van der Waals surface area contributed by atoms with Gasteiger partial charge < -0.3 is 10.2 Å². The molecule has 0 radical (unpaired) electrons. The summed E-state index contributed by atoms with van der Waals surface area (Å²) in [7, 11) is 1.89. The predicted octanol–water partition coefficient (Wildman–Crippen LogP) is 3.57. The van der Waals surface area contributed by atoms with E-state index in [-0.39, 0.29) is 5.91 Å². The van der Waals surface area contributed by atoms with Gasteiger partial charge in [-0.2, -0.15) is 13.2 Å². The summed E-state index contributed by atoms with van der Waals surface area (Å²) in [6.45, 7) is 3.92. The van der Waals surface area contributed by atoms with E-state index in [1.807, 2.05) is 7.05 Å². The van der Waals surface area contributed by atoms with Crippen molar-refractivity contribution in [3.8, 4) is 0 Å². The number of carbonyl (C=O) groups is 1. The van der Waals surface area contributed by atoms with Crippen molar-refractivity contribution in [1.29, 1.82) is 0 Å². The zero-order valence-corrected chi connectivity index (χ0v) is 14.0. The van der Waals surface area contributed by atoms with Crippen LogP contribution in [0.5, 0.6) is 0 Å². The highest BCUT2D eigenvalue weighted by Gasteiger charge is 2.30. The van der Waals surface area contributed by atoms with Crippen molar-refractivity contribution in [3.05, 3.63) is 41.5 Å². The molecule has 2 rings (SSSR count). The van der Waals surface area contributed by atoms with Gasteiger partial charge in [0, 0.05) is 19.2 Å². The van der Waals surface area contributed by atoms with E-state index in [0.717, 1.165) is 31.5 Å². The van der Waals surface area contributed by atoms with Crippen molar-refractivity contribution in [2.24, 2.45) is 5.92 Å². The number of hydrogen-bond donors (Lipinski definition) is 1. The minimum Gasteiger partial charge on any atom is -0.339 e. The van der Waals surface area contributed by atoms with Gasteiger partial charge in [-0.1, -0.05) is 12.1 Å². The number of nitrogens with zero attached hydrogens (tertiary/aromatic N) is 1. The van der Waals surface area contributed by atoms with E-state index in [0.29, 0.717) is 30.1 Å². The van der Waals surface area contributed by atoms with Crippen LogP contribution < -0.4 is 5.32 Å². The standard InChI is InChI=1S/C18H23F3N2O/c1-13(15-6-3-7-16(10-15)18(19,20)21)9-17(24)23-8-4-5-14(12-23)11-22-2/h3,6-7,9-10,14,22H,4-5,8,11-12H2,1-2H3. The quantitative estimate of drug-likeness (QED) is 0.850. The Labute approximate surface area is 140 Å².